The van der Waals surface area contributed by atoms with Crippen LogP contribution in [0.5, 0.6) is 5.75 Å². The molecule has 1 aliphatic heterocycles. The summed E-state index contributed by atoms with van der Waals surface area (Å²) in [7, 11) is 0. The number of hydrogen-bond acceptors (Lipinski definition) is 3. The summed E-state index contributed by atoms with van der Waals surface area (Å²) < 4.78 is 5.78. The summed E-state index contributed by atoms with van der Waals surface area (Å²) in [5, 5.41) is 9.25. The van der Waals surface area contributed by atoms with Gasteiger partial charge in [0.1, 0.15) is 5.75 Å². The van der Waals surface area contributed by atoms with Gasteiger partial charge in [-0.2, -0.15) is 0 Å². The van der Waals surface area contributed by atoms with Gasteiger partial charge in [-0.3, -0.25) is 4.90 Å². The van der Waals surface area contributed by atoms with Crippen molar-refractivity contribution in [3.8, 4) is 5.75 Å². The fourth-order valence-electron chi connectivity index (χ4n) is 2.66. The van der Waals surface area contributed by atoms with Crippen molar-refractivity contribution in [2.45, 2.75) is 39.2 Å². The molecule has 1 fully saturated rings. The maximum absolute atomic E-state index is 9.25. The van der Waals surface area contributed by atoms with Gasteiger partial charge in [0.25, 0.3) is 0 Å². The van der Waals surface area contributed by atoms with E-state index in [-0.39, 0.29) is 6.61 Å². The van der Waals surface area contributed by atoms with E-state index >= 15 is 0 Å². The molecule has 0 aliphatic carbocycles. The average Bonchev–Trinajstić information content (AvgIpc) is 2.86. The van der Waals surface area contributed by atoms with Crippen molar-refractivity contribution in [3.05, 3.63) is 29.3 Å². The lowest BCUT2D eigenvalue weighted by Crippen LogP contribution is -2.33. The van der Waals surface area contributed by atoms with Gasteiger partial charge in [0.05, 0.1) is 13.2 Å². The molecule has 1 aliphatic rings. The van der Waals surface area contributed by atoms with Crippen molar-refractivity contribution in [3.63, 3.8) is 0 Å². The van der Waals surface area contributed by atoms with E-state index in [1.807, 2.05) is 6.07 Å². The third kappa shape index (κ3) is 3.95. The summed E-state index contributed by atoms with van der Waals surface area (Å²) in [6.07, 6.45) is 3.36. The van der Waals surface area contributed by atoms with Crippen LogP contribution >= 0.6 is 0 Å². The standard InChI is InChI=1S/C16H25NO2/c1-13-6-7-16(11-14(13)2)19-10-4-9-17-8-3-5-15(17)12-18/h6-7,11,15,18H,3-5,8-10,12H2,1-2H3/t15-/m1/s1. The lowest BCUT2D eigenvalue weighted by molar-refractivity contribution is 0.150. The van der Waals surface area contributed by atoms with Gasteiger partial charge in [-0.1, -0.05) is 6.07 Å². The molecule has 1 aromatic carbocycles. The highest BCUT2D eigenvalue weighted by Gasteiger charge is 2.22. The topological polar surface area (TPSA) is 32.7 Å². The van der Waals surface area contributed by atoms with Gasteiger partial charge in [0, 0.05) is 12.6 Å². The summed E-state index contributed by atoms with van der Waals surface area (Å²) in [5.41, 5.74) is 2.58. The Kier molecular flexibility index (Phi) is 5.23. The van der Waals surface area contributed by atoms with Crippen LogP contribution in [0.3, 0.4) is 0 Å². The maximum atomic E-state index is 9.25. The molecule has 1 aromatic rings. The molecule has 0 spiro atoms. The second-order valence-electron chi connectivity index (χ2n) is 5.46. The van der Waals surface area contributed by atoms with E-state index in [1.165, 1.54) is 17.5 Å². The minimum Gasteiger partial charge on any atom is -0.494 e. The van der Waals surface area contributed by atoms with Gasteiger partial charge in [0.15, 0.2) is 0 Å². The van der Waals surface area contributed by atoms with Crippen LogP contribution in [-0.2, 0) is 0 Å². The molecular formula is C16H25NO2. The van der Waals surface area contributed by atoms with Gasteiger partial charge in [-0.25, -0.2) is 0 Å². The quantitative estimate of drug-likeness (QED) is 0.801. The molecule has 0 radical (unpaired) electrons. The van der Waals surface area contributed by atoms with Gasteiger partial charge in [-0.15, -0.1) is 0 Å². The fourth-order valence-corrected chi connectivity index (χ4v) is 2.66. The molecule has 0 aromatic heterocycles. The van der Waals surface area contributed by atoms with Crippen LogP contribution in [0, 0.1) is 13.8 Å². The highest BCUT2D eigenvalue weighted by atomic mass is 16.5. The SMILES string of the molecule is Cc1ccc(OCCCN2CCC[C@@H]2CO)cc1C. The first-order valence-electron chi connectivity index (χ1n) is 7.25. The number of aliphatic hydroxyl groups excluding tert-OH is 1. The van der Waals surface area contributed by atoms with Gasteiger partial charge < -0.3 is 9.84 Å². The van der Waals surface area contributed by atoms with E-state index in [1.54, 1.807) is 0 Å². The molecule has 0 saturated carbocycles. The first-order valence-corrected chi connectivity index (χ1v) is 7.25. The predicted molar refractivity (Wildman–Crippen MR) is 77.7 cm³/mol. The van der Waals surface area contributed by atoms with E-state index in [2.05, 4.69) is 30.9 Å². The van der Waals surface area contributed by atoms with Crippen LogP contribution in [-0.4, -0.2) is 42.4 Å². The van der Waals surface area contributed by atoms with Crippen molar-refractivity contribution >= 4 is 0 Å². The monoisotopic (exact) mass is 263 g/mol. The Balaban J connectivity index is 1.70. The number of likely N-dealkylation sites (tertiary alicyclic amines) is 1. The zero-order valence-corrected chi connectivity index (χ0v) is 12.1. The number of aliphatic hydroxyl groups is 1. The Hall–Kier alpha value is -1.06. The number of aryl methyl sites for hydroxylation is 2. The molecule has 0 unspecified atom stereocenters. The Morgan fingerprint density at radius 3 is 2.89 bits per heavy atom. The fraction of sp³-hybridized carbons (Fsp3) is 0.625. The molecule has 0 amide bonds. The minimum atomic E-state index is 0.290. The molecule has 1 N–H and O–H groups in total. The summed E-state index contributed by atoms with van der Waals surface area (Å²) >= 11 is 0. The van der Waals surface area contributed by atoms with Crippen molar-refractivity contribution < 1.29 is 9.84 Å². The van der Waals surface area contributed by atoms with Crippen LogP contribution in [0.4, 0.5) is 0 Å². The van der Waals surface area contributed by atoms with Gasteiger partial charge in [-0.05, 0) is 62.9 Å². The van der Waals surface area contributed by atoms with Crippen LogP contribution in [0.1, 0.15) is 30.4 Å². The smallest absolute Gasteiger partial charge is 0.119 e. The number of rotatable bonds is 6. The van der Waals surface area contributed by atoms with Crippen molar-refractivity contribution in [2.75, 3.05) is 26.3 Å². The molecule has 1 heterocycles. The first-order chi connectivity index (χ1) is 9.20. The zero-order chi connectivity index (χ0) is 13.7. The van der Waals surface area contributed by atoms with Crippen molar-refractivity contribution in [2.24, 2.45) is 0 Å². The van der Waals surface area contributed by atoms with E-state index in [4.69, 9.17) is 4.74 Å². The highest BCUT2D eigenvalue weighted by Crippen LogP contribution is 2.18. The summed E-state index contributed by atoms with van der Waals surface area (Å²) in [6.45, 7) is 7.40. The highest BCUT2D eigenvalue weighted by molar-refractivity contribution is 5.33. The van der Waals surface area contributed by atoms with E-state index in [0.717, 1.165) is 38.3 Å². The summed E-state index contributed by atoms with van der Waals surface area (Å²) in [6, 6.07) is 6.62. The van der Waals surface area contributed by atoms with Crippen LogP contribution in [0.25, 0.3) is 0 Å². The van der Waals surface area contributed by atoms with Gasteiger partial charge in [0.2, 0.25) is 0 Å². The first kappa shape index (κ1) is 14.4. The molecule has 3 nitrogen and oxygen atoms in total. The number of ether oxygens (including phenoxy) is 1. The number of nitrogens with zero attached hydrogens (tertiary/aromatic N) is 1. The number of hydrogen-bond donors (Lipinski definition) is 1. The molecule has 3 heteroatoms. The van der Waals surface area contributed by atoms with Crippen LogP contribution in [0.2, 0.25) is 0 Å². The molecule has 1 atom stereocenters. The molecule has 2 rings (SSSR count). The summed E-state index contributed by atoms with van der Waals surface area (Å²) in [5.74, 6) is 0.961. The third-order valence-electron chi connectivity index (χ3n) is 4.05. The van der Waals surface area contributed by atoms with E-state index in [0.29, 0.717) is 6.04 Å². The Labute approximate surface area is 116 Å². The second kappa shape index (κ2) is 6.92. The lowest BCUT2D eigenvalue weighted by atomic mass is 10.1. The third-order valence-corrected chi connectivity index (χ3v) is 4.05. The maximum Gasteiger partial charge on any atom is 0.119 e. The molecule has 106 valence electrons. The van der Waals surface area contributed by atoms with Gasteiger partial charge >= 0.3 is 0 Å². The largest absolute Gasteiger partial charge is 0.494 e. The molecular weight excluding hydrogens is 238 g/mol. The van der Waals surface area contributed by atoms with E-state index < -0.39 is 0 Å². The van der Waals surface area contributed by atoms with Crippen molar-refractivity contribution in [1.29, 1.82) is 0 Å². The Morgan fingerprint density at radius 2 is 2.16 bits per heavy atom. The second-order valence-corrected chi connectivity index (χ2v) is 5.46. The number of benzene rings is 1. The average molecular weight is 263 g/mol. The lowest BCUT2D eigenvalue weighted by Gasteiger charge is -2.22. The normalized spacial score (nSPS) is 19.8. The molecule has 19 heavy (non-hydrogen) atoms. The zero-order valence-electron chi connectivity index (χ0n) is 12.1. The summed E-state index contributed by atoms with van der Waals surface area (Å²) in [4.78, 5) is 2.38. The predicted octanol–water partition coefficient (Wildman–Crippen LogP) is 2.53. The molecule has 0 bridgehead atoms. The molecule has 1 saturated heterocycles. The van der Waals surface area contributed by atoms with Crippen molar-refractivity contribution in [1.82, 2.24) is 4.90 Å². The van der Waals surface area contributed by atoms with E-state index in [9.17, 15) is 5.11 Å². The van der Waals surface area contributed by atoms with Crippen LogP contribution in [0.15, 0.2) is 18.2 Å². The van der Waals surface area contributed by atoms with Crippen LogP contribution < -0.4 is 4.74 Å². The Morgan fingerprint density at radius 1 is 1.32 bits per heavy atom. The Bertz CT molecular complexity index is 406. The minimum absolute atomic E-state index is 0.290.